The van der Waals surface area contributed by atoms with Crippen LogP contribution in [-0.2, 0) is 5.41 Å². The van der Waals surface area contributed by atoms with Crippen molar-refractivity contribution < 1.29 is 0 Å². The van der Waals surface area contributed by atoms with Gasteiger partial charge in [-0.15, -0.1) is 0 Å². The van der Waals surface area contributed by atoms with Gasteiger partial charge in [-0.05, 0) is 129 Å². The number of benzene rings is 7. The molecule has 0 aliphatic heterocycles. The van der Waals surface area contributed by atoms with E-state index in [0.717, 1.165) is 53.2 Å². The van der Waals surface area contributed by atoms with Crippen molar-refractivity contribution in [2.75, 3.05) is 4.90 Å². The average molecular weight is 800 g/mol. The van der Waals surface area contributed by atoms with Crippen molar-refractivity contribution in [2.24, 2.45) is 0 Å². The van der Waals surface area contributed by atoms with Crippen LogP contribution >= 0.6 is 0 Å². The van der Waals surface area contributed by atoms with Gasteiger partial charge in [-0.2, -0.15) is 0 Å². The van der Waals surface area contributed by atoms with E-state index in [9.17, 15) is 0 Å². The standard InChI is InChI=1S/C57H45N5/c1-3-57(4-2)51-32-38(22-24-44-33-42-16-8-9-17-43(42)34-50(44)41-27-25-40(26-28-41)39-14-6-5-7-15-39)23-30-48(51)49-31-29-47(35-52(49)57)62(55-58-36-45-18-10-12-20-53(45)60-55)56-59-37-46-19-11-13-21-54(46)61-56/h5-22,24-29,31-37H,3-4,23,30H2,1-2H3/b24-22+. The fraction of sp³-hybridized carbons (Fsp3) is 0.123. The average Bonchev–Trinajstić information content (AvgIpc) is 3.61. The molecule has 7 aromatic carbocycles. The maximum atomic E-state index is 5.07. The summed E-state index contributed by atoms with van der Waals surface area (Å²) < 4.78 is 0. The second-order valence-electron chi connectivity index (χ2n) is 16.5. The molecule has 11 rings (SSSR count). The minimum absolute atomic E-state index is 0.144. The monoisotopic (exact) mass is 799 g/mol. The first-order chi connectivity index (χ1) is 30.6. The summed E-state index contributed by atoms with van der Waals surface area (Å²) in [6.07, 6.45) is 15.0. The van der Waals surface area contributed by atoms with E-state index in [1.807, 2.05) is 65.8 Å². The van der Waals surface area contributed by atoms with Crippen LogP contribution in [-0.4, -0.2) is 19.9 Å². The molecule has 2 aromatic heterocycles. The maximum Gasteiger partial charge on any atom is 0.237 e. The lowest BCUT2D eigenvalue weighted by atomic mass is 9.71. The van der Waals surface area contributed by atoms with Gasteiger partial charge < -0.3 is 0 Å². The molecule has 2 aliphatic carbocycles. The number of anilines is 3. The number of nitrogens with zero attached hydrogens (tertiary/aromatic N) is 5. The number of fused-ring (bicyclic) bond motifs is 5. The second-order valence-corrected chi connectivity index (χ2v) is 16.5. The molecule has 0 atom stereocenters. The predicted molar refractivity (Wildman–Crippen MR) is 258 cm³/mol. The summed E-state index contributed by atoms with van der Waals surface area (Å²) in [7, 11) is 0. The molecule has 0 bridgehead atoms. The molecule has 9 aromatic rings. The second kappa shape index (κ2) is 15.5. The quantitative estimate of drug-likeness (QED) is 0.146. The first-order valence-electron chi connectivity index (χ1n) is 21.8. The SMILES string of the molecule is CCC1(CC)C2=C(CCC(/C=C/c3cc4ccccc4cc3-c3ccc(-c4ccccc4)cc3)=C2)c2ccc(N(c3ncc4ccccc4n3)c3ncc4ccccc4n3)cc21. The zero-order valence-corrected chi connectivity index (χ0v) is 35.0. The Bertz CT molecular complexity index is 3190. The van der Waals surface area contributed by atoms with Crippen molar-refractivity contribution in [2.45, 2.75) is 44.9 Å². The van der Waals surface area contributed by atoms with Crippen LogP contribution < -0.4 is 4.90 Å². The van der Waals surface area contributed by atoms with Crippen molar-refractivity contribution in [3.63, 3.8) is 0 Å². The molecular weight excluding hydrogens is 755 g/mol. The molecule has 5 nitrogen and oxygen atoms in total. The maximum absolute atomic E-state index is 5.07. The highest BCUT2D eigenvalue weighted by atomic mass is 15.3. The van der Waals surface area contributed by atoms with Crippen molar-refractivity contribution in [3.05, 3.63) is 210 Å². The lowest BCUT2D eigenvalue weighted by Crippen LogP contribution is -2.25. The summed E-state index contributed by atoms with van der Waals surface area (Å²) >= 11 is 0. The predicted octanol–water partition coefficient (Wildman–Crippen LogP) is 14.8. The number of hydrogen-bond donors (Lipinski definition) is 0. The van der Waals surface area contributed by atoms with Gasteiger partial charge in [-0.3, -0.25) is 0 Å². The fourth-order valence-electron chi connectivity index (χ4n) is 9.85. The Balaban J connectivity index is 0.972. The molecule has 0 fully saturated rings. The van der Waals surface area contributed by atoms with E-state index in [2.05, 4.69) is 141 Å². The molecule has 0 saturated heterocycles. The van der Waals surface area contributed by atoms with Gasteiger partial charge in [0.25, 0.3) is 0 Å². The molecule has 0 unspecified atom stereocenters. The normalized spacial score (nSPS) is 14.4. The summed E-state index contributed by atoms with van der Waals surface area (Å²) in [5, 5.41) is 4.47. The molecule has 5 heteroatoms. The summed E-state index contributed by atoms with van der Waals surface area (Å²) in [5.41, 5.74) is 15.7. The van der Waals surface area contributed by atoms with Gasteiger partial charge in [0.15, 0.2) is 0 Å². The number of hydrogen-bond acceptors (Lipinski definition) is 5. The Labute approximate surface area is 362 Å². The highest BCUT2D eigenvalue weighted by Gasteiger charge is 2.43. The van der Waals surface area contributed by atoms with E-state index in [1.165, 1.54) is 66.4 Å². The zero-order chi connectivity index (χ0) is 41.6. The molecule has 62 heavy (non-hydrogen) atoms. The Morgan fingerprint density at radius 1 is 0.532 bits per heavy atom. The van der Waals surface area contributed by atoms with Gasteiger partial charge in [-0.25, -0.2) is 24.8 Å². The van der Waals surface area contributed by atoms with E-state index in [4.69, 9.17) is 19.9 Å². The molecule has 0 N–H and O–H groups in total. The minimum atomic E-state index is -0.144. The Kier molecular flexibility index (Phi) is 9.38. The van der Waals surface area contributed by atoms with E-state index in [-0.39, 0.29) is 5.41 Å². The van der Waals surface area contributed by atoms with E-state index < -0.39 is 0 Å². The van der Waals surface area contributed by atoms with Crippen LogP contribution in [0.2, 0.25) is 0 Å². The van der Waals surface area contributed by atoms with Crippen LogP contribution in [0, 0.1) is 0 Å². The highest BCUT2D eigenvalue weighted by Crippen LogP contribution is 2.55. The fourth-order valence-corrected chi connectivity index (χ4v) is 9.85. The van der Waals surface area contributed by atoms with Crippen LogP contribution in [0.3, 0.4) is 0 Å². The number of allylic oxidation sites excluding steroid dienone is 5. The van der Waals surface area contributed by atoms with Gasteiger partial charge in [0.2, 0.25) is 11.9 Å². The first kappa shape index (κ1) is 37.5. The number of rotatable bonds is 9. The Hall–Kier alpha value is -7.50. The zero-order valence-electron chi connectivity index (χ0n) is 35.0. The van der Waals surface area contributed by atoms with Gasteiger partial charge in [-0.1, -0.05) is 153 Å². The van der Waals surface area contributed by atoms with Crippen molar-refractivity contribution in [3.8, 4) is 22.3 Å². The molecule has 0 radical (unpaired) electrons. The van der Waals surface area contributed by atoms with E-state index in [1.54, 1.807) is 0 Å². The minimum Gasteiger partial charge on any atom is -0.247 e. The lowest BCUT2D eigenvalue weighted by molar-refractivity contribution is 0.485. The first-order valence-corrected chi connectivity index (χ1v) is 21.8. The largest absolute Gasteiger partial charge is 0.247 e. The van der Waals surface area contributed by atoms with Crippen LogP contribution in [0.4, 0.5) is 17.6 Å². The van der Waals surface area contributed by atoms with Crippen molar-refractivity contribution in [1.29, 1.82) is 0 Å². The molecule has 2 heterocycles. The van der Waals surface area contributed by atoms with Crippen LogP contribution in [0.25, 0.3) is 66.5 Å². The topological polar surface area (TPSA) is 54.8 Å². The Morgan fingerprint density at radius 2 is 1.11 bits per heavy atom. The van der Waals surface area contributed by atoms with Gasteiger partial charge >= 0.3 is 0 Å². The third-order valence-corrected chi connectivity index (χ3v) is 13.2. The summed E-state index contributed by atoms with van der Waals surface area (Å²) in [6, 6.07) is 56.1. The van der Waals surface area contributed by atoms with Crippen LogP contribution in [0.5, 0.6) is 0 Å². The third kappa shape index (κ3) is 6.49. The van der Waals surface area contributed by atoms with Gasteiger partial charge in [0.1, 0.15) is 0 Å². The smallest absolute Gasteiger partial charge is 0.237 e. The van der Waals surface area contributed by atoms with Crippen molar-refractivity contribution in [1.82, 2.24) is 19.9 Å². The third-order valence-electron chi connectivity index (χ3n) is 13.2. The lowest BCUT2D eigenvalue weighted by Gasteiger charge is -2.33. The van der Waals surface area contributed by atoms with Gasteiger partial charge in [0, 0.05) is 28.6 Å². The molecule has 0 saturated carbocycles. The molecule has 2 aliphatic rings. The molecule has 298 valence electrons. The summed E-state index contributed by atoms with van der Waals surface area (Å²) in [5.74, 6) is 1.08. The molecular formula is C57H45N5. The molecule has 0 spiro atoms. The number of para-hydroxylation sites is 2. The van der Waals surface area contributed by atoms with Gasteiger partial charge in [0.05, 0.1) is 16.7 Å². The summed E-state index contributed by atoms with van der Waals surface area (Å²) in [6.45, 7) is 4.68. The number of aromatic nitrogens is 4. The van der Waals surface area contributed by atoms with E-state index in [0.29, 0.717) is 11.9 Å². The van der Waals surface area contributed by atoms with Crippen LogP contribution in [0.1, 0.15) is 56.2 Å². The Morgan fingerprint density at radius 3 is 1.77 bits per heavy atom. The van der Waals surface area contributed by atoms with Crippen LogP contribution in [0.15, 0.2) is 193 Å². The van der Waals surface area contributed by atoms with E-state index >= 15 is 0 Å². The van der Waals surface area contributed by atoms with Crippen molar-refractivity contribution >= 4 is 61.8 Å². The molecule has 0 amide bonds. The summed E-state index contributed by atoms with van der Waals surface area (Å²) in [4.78, 5) is 22.0. The highest BCUT2D eigenvalue weighted by molar-refractivity contribution is 5.93.